The summed E-state index contributed by atoms with van der Waals surface area (Å²) in [5, 5.41) is 17.5. The fourth-order valence-electron chi connectivity index (χ4n) is 3.83. The molecule has 3 nitrogen and oxygen atoms in total. The number of aliphatic hydroxyl groups excluding tert-OH is 1. The van der Waals surface area contributed by atoms with Crippen LogP contribution in [-0.2, 0) is 6.54 Å². The predicted molar refractivity (Wildman–Crippen MR) is 120 cm³/mol. The lowest BCUT2D eigenvalue weighted by molar-refractivity contribution is 0.169. The first-order valence-electron chi connectivity index (χ1n) is 9.28. The van der Waals surface area contributed by atoms with Gasteiger partial charge in [0.25, 0.3) is 0 Å². The van der Waals surface area contributed by atoms with Gasteiger partial charge in [-0.15, -0.1) is 0 Å². The van der Waals surface area contributed by atoms with Crippen LogP contribution in [0.5, 0.6) is 0 Å². The zero-order chi connectivity index (χ0) is 19.8. The predicted octanol–water partition coefficient (Wildman–Crippen LogP) is 6.19. The Bertz CT molecular complexity index is 1090. The largest absolute Gasteiger partial charge is 0.389 e. The third kappa shape index (κ3) is 3.83. The Balaban J connectivity index is 1.63. The maximum atomic E-state index is 10.7. The maximum absolute atomic E-state index is 10.7. The van der Waals surface area contributed by atoms with Gasteiger partial charge in [0.15, 0.2) is 0 Å². The summed E-state index contributed by atoms with van der Waals surface area (Å²) >= 11 is 12.4. The highest BCUT2D eigenvalue weighted by atomic mass is 35.5. The van der Waals surface area contributed by atoms with Gasteiger partial charge in [-0.25, -0.2) is 0 Å². The molecule has 28 heavy (non-hydrogen) atoms. The third-order valence-corrected chi connectivity index (χ3v) is 5.42. The molecule has 0 fully saturated rings. The van der Waals surface area contributed by atoms with Crippen LogP contribution in [-0.4, -0.2) is 22.3 Å². The van der Waals surface area contributed by atoms with Crippen LogP contribution in [0.1, 0.15) is 11.1 Å². The monoisotopic (exact) mass is 412 g/mol. The van der Waals surface area contributed by atoms with Crippen molar-refractivity contribution in [1.29, 1.82) is 0 Å². The minimum atomic E-state index is -0.550. The van der Waals surface area contributed by atoms with Gasteiger partial charge in [0.05, 0.1) is 12.6 Å². The van der Waals surface area contributed by atoms with Gasteiger partial charge in [-0.1, -0.05) is 29.3 Å². The van der Waals surface area contributed by atoms with Crippen molar-refractivity contribution in [3.05, 3.63) is 75.8 Å². The van der Waals surface area contributed by atoms with E-state index in [4.69, 9.17) is 23.2 Å². The van der Waals surface area contributed by atoms with Gasteiger partial charge >= 0.3 is 0 Å². The van der Waals surface area contributed by atoms with Crippen molar-refractivity contribution in [2.75, 3.05) is 11.9 Å². The molecule has 1 aromatic heterocycles. The molecule has 0 spiro atoms. The first-order valence-corrected chi connectivity index (χ1v) is 10.0. The molecule has 0 saturated carbocycles. The number of halogens is 2. The van der Waals surface area contributed by atoms with E-state index in [1.807, 2.05) is 36.4 Å². The summed E-state index contributed by atoms with van der Waals surface area (Å²) < 4.78 is 2.13. The minimum Gasteiger partial charge on any atom is -0.389 e. The fourth-order valence-corrected chi connectivity index (χ4v) is 4.18. The summed E-state index contributed by atoms with van der Waals surface area (Å²) in [6.45, 7) is 5.08. The Morgan fingerprint density at radius 1 is 0.857 bits per heavy atom. The van der Waals surface area contributed by atoms with Crippen LogP contribution in [0.3, 0.4) is 0 Å². The molecule has 0 saturated heterocycles. The zero-order valence-electron chi connectivity index (χ0n) is 15.8. The molecule has 0 aliphatic rings. The molecule has 3 aromatic carbocycles. The summed E-state index contributed by atoms with van der Waals surface area (Å²) in [6, 6.07) is 18.0. The Morgan fingerprint density at radius 3 is 1.93 bits per heavy atom. The van der Waals surface area contributed by atoms with Crippen LogP contribution < -0.4 is 5.32 Å². The van der Waals surface area contributed by atoms with Crippen LogP contribution in [0, 0.1) is 13.8 Å². The lowest BCUT2D eigenvalue weighted by Crippen LogP contribution is -2.24. The molecule has 0 aliphatic carbocycles. The molecule has 0 aliphatic heterocycles. The number of nitrogens with one attached hydrogen (secondary N) is 1. The van der Waals surface area contributed by atoms with E-state index in [1.165, 1.54) is 11.1 Å². The second-order valence-electron chi connectivity index (χ2n) is 7.34. The number of aliphatic hydroxyl groups is 1. The number of anilines is 1. The molecule has 1 heterocycles. The summed E-state index contributed by atoms with van der Waals surface area (Å²) in [4.78, 5) is 0. The van der Waals surface area contributed by atoms with E-state index >= 15 is 0 Å². The molecule has 0 amide bonds. The highest BCUT2D eigenvalue weighted by Gasteiger charge is 2.14. The molecule has 144 valence electrons. The van der Waals surface area contributed by atoms with Crippen molar-refractivity contribution in [3.8, 4) is 0 Å². The number of benzene rings is 3. The highest BCUT2D eigenvalue weighted by molar-refractivity contribution is 6.33. The van der Waals surface area contributed by atoms with Gasteiger partial charge < -0.3 is 15.0 Å². The molecular formula is C23H22Cl2N2O. The van der Waals surface area contributed by atoms with E-state index < -0.39 is 6.10 Å². The van der Waals surface area contributed by atoms with E-state index in [1.54, 1.807) is 0 Å². The van der Waals surface area contributed by atoms with Crippen LogP contribution in [0.15, 0.2) is 54.6 Å². The minimum absolute atomic E-state index is 0.464. The number of hydrogen-bond acceptors (Lipinski definition) is 2. The molecule has 1 atom stereocenters. The first kappa shape index (κ1) is 19.1. The lowest BCUT2D eigenvalue weighted by Gasteiger charge is -2.16. The molecule has 2 N–H and O–H groups in total. The SMILES string of the molecule is Cc1cc(C)cc(NC[C@H](O)Cn2c3ccc(Cl)cc3c3cc(Cl)ccc32)c1. The number of aromatic nitrogens is 1. The van der Waals surface area contributed by atoms with Crippen molar-refractivity contribution in [1.82, 2.24) is 4.57 Å². The molecule has 0 bridgehead atoms. The number of nitrogens with zero attached hydrogens (tertiary/aromatic N) is 1. The van der Waals surface area contributed by atoms with Crippen LogP contribution >= 0.6 is 23.2 Å². The lowest BCUT2D eigenvalue weighted by atomic mass is 10.1. The molecule has 4 rings (SSSR count). The Labute approximate surface area is 174 Å². The third-order valence-electron chi connectivity index (χ3n) is 4.95. The number of hydrogen-bond donors (Lipinski definition) is 2. The number of rotatable bonds is 5. The standard InChI is InChI=1S/C23H22Cl2N2O/c1-14-7-15(2)9-18(8-14)26-12-19(28)13-27-22-5-3-16(24)10-20(22)21-11-17(25)4-6-23(21)27/h3-11,19,26,28H,12-13H2,1-2H3/t19-/m0/s1. The van der Waals surface area contributed by atoms with Gasteiger partial charge in [0.1, 0.15) is 0 Å². The van der Waals surface area contributed by atoms with Gasteiger partial charge in [-0.3, -0.25) is 0 Å². The van der Waals surface area contributed by atoms with Crippen molar-refractivity contribution in [3.63, 3.8) is 0 Å². The van der Waals surface area contributed by atoms with Gasteiger partial charge in [-0.05, 0) is 73.5 Å². The van der Waals surface area contributed by atoms with Crippen LogP contribution in [0.25, 0.3) is 21.8 Å². The normalized spacial score (nSPS) is 12.6. The second-order valence-corrected chi connectivity index (χ2v) is 8.22. The topological polar surface area (TPSA) is 37.2 Å². The van der Waals surface area contributed by atoms with E-state index in [0.717, 1.165) is 27.5 Å². The first-order chi connectivity index (χ1) is 13.4. The average Bonchev–Trinajstić information content (AvgIpc) is 2.92. The number of aryl methyl sites for hydroxylation is 2. The van der Waals surface area contributed by atoms with Crippen molar-refractivity contribution in [2.24, 2.45) is 0 Å². The van der Waals surface area contributed by atoms with E-state index in [9.17, 15) is 5.11 Å². The van der Waals surface area contributed by atoms with Gasteiger partial charge in [0.2, 0.25) is 0 Å². The van der Waals surface area contributed by atoms with Crippen molar-refractivity contribution < 1.29 is 5.11 Å². The average molecular weight is 413 g/mol. The number of fused-ring (bicyclic) bond motifs is 3. The van der Waals surface area contributed by atoms with Crippen molar-refractivity contribution in [2.45, 2.75) is 26.5 Å². The maximum Gasteiger partial charge on any atom is 0.0891 e. The molecule has 5 heteroatoms. The van der Waals surface area contributed by atoms with Gasteiger partial charge in [0, 0.05) is 44.1 Å². The van der Waals surface area contributed by atoms with Gasteiger partial charge in [-0.2, -0.15) is 0 Å². The Morgan fingerprint density at radius 2 is 1.39 bits per heavy atom. The molecular weight excluding hydrogens is 391 g/mol. The summed E-state index contributed by atoms with van der Waals surface area (Å²) in [6.07, 6.45) is -0.550. The van der Waals surface area contributed by atoms with Crippen LogP contribution in [0.4, 0.5) is 5.69 Å². The van der Waals surface area contributed by atoms with E-state index in [2.05, 4.69) is 41.9 Å². The fraction of sp³-hybridized carbons (Fsp3) is 0.217. The summed E-state index contributed by atoms with van der Waals surface area (Å²) in [5.41, 5.74) is 5.50. The van der Waals surface area contributed by atoms with Crippen molar-refractivity contribution >= 4 is 50.7 Å². The molecule has 0 radical (unpaired) electrons. The summed E-state index contributed by atoms with van der Waals surface area (Å²) in [7, 11) is 0. The molecule has 0 unspecified atom stereocenters. The Kier molecular flexibility index (Phi) is 5.24. The van der Waals surface area contributed by atoms with E-state index in [-0.39, 0.29) is 0 Å². The smallest absolute Gasteiger partial charge is 0.0891 e. The quantitative estimate of drug-likeness (QED) is 0.409. The van der Waals surface area contributed by atoms with Crippen LogP contribution in [0.2, 0.25) is 10.0 Å². The highest BCUT2D eigenvalue weighted by Crippen LogP contribution is 2.33. The molecule has 4 aromatic rings. The van der Waals surface area contributed by atoms with E-state index in [0.29, 0.717) is 23.1 Å². The summed E-state index contributed by atoms with van der Waals surface area (Å²) in [5.74, 6) is 0. The second kappa shape index (κ2) is 7.67. The zero-order valence-corrected chi connectivity index (χ0v) is 17.3. The Hall–Kier alpha value is -2.20.